The molecule has 1 aliphatic rings. The lowest BCUT2D eigenvalue weighted by Crippen LogP contribution is -2.38. The van der Waals surface area contributed by atoms with Crippen LogP contribution >= 0.6 is 36.2 Å². The molecule has 2 N–H and O–H groups in total. The number of amides is 2. The first kappa shape index (κ1) is 31.6. The lowest BCUT2D eigenvalue weighted by Gasteiger charge is -2.26. The van der Waals surface area contributed by atoms with Gasteiger partial charge in [-0.15, -0.1) is 24.8 Å². The topological polar surface area (TPSA) is 106 Å². The predicted molar refractivity (Wildman–Crippen MR) is 171 cm³/mol. The summed E-state index contributed by atoms with van der Waals surface area (Å²) in [7, 11) is 0. The number of aromatic nitrogens is 3. The van der Waals surface area contributed by atoms with E-state index in [1.54, 1.807) is 17.4 Å². The van der Waals surface area contributed by atoms with Crippen LogP contribution < -0.4 is 15.4 Å². The van der Waals surface area contributed by atoms with Gasteiger partial charge in [0.05, 0.1) is 29.1 Å². The molecule has 224 valence electrons. The number of urea groups is 1. The number of morpholine rings is 1. The molecule has 1 saturated heterocycles. The Labute approximate surface area is 260 Å². The number of nitrogens with zero attached hydrogens (tertiary/aromatic N) is 4. The van der Waals surface area contributed by atoms with Crippen molar-refractivity contribution >= 4 is 68.9 Å². The molecule has 0 bridgehead atoms. The second-order valence-electron chi connectivity index (χ2n) is 10.8. The van der Waals surface area contributed by atoms with Gasteiger partial charge in [-0.05, 0) is 24.3 Å². The molecule has 3 aromatic heterocycles. The van der Waals surface area contributed by atoms with Gasteiger partial charge in [0, 0.05) is 54.6 Å². The number of thiazole rings is 1. The van der Waals surface area contributed by atoms with Crippen LogP contribution in [-0.2, 0) is 10.2 Å². The van der Waals surface area contributed by atoms with Crippen LogP contribution in [0.2, 0.25) is 0 Å². The first-order valence-electron chi connectivity index (χ1n) is 13.3. The molecular formula is C29H34Cl2N6O4S. The first-order valence-corrected chi connectivity index (χ1v) is 14.1. The fourth-order valence-electron chi connectivity index (χ4n) is 4.51. The molecule has 0 spiro atoms. The van der Waals surface area contributed by atoms with Gasteiger partial charge in [0.1, 0.15) is 18.1 Å². The average Bonchev–Trinajstić information content (AvgIpc) is 3.65. The summed E-state index contributed by atoms with van der Waals surface area (Å²) in [6.07, 6.45) is 2.04. The van der Waals surface area contributed by atoms with Crippen molar-refractivity contribution in [3.8, 4) is 17.0 Å². The average molecular weight is 634 g/mol. The Morgan fingerprint density at radius 2 is 1.81 bits per heavy atom. The molecule has 0 atom stereocenters. The van der Waals surface area contributed by atoms with E-state index in [4.69, 9.17) is 19.0 Å². The summed E-state index contributed by atoms with van der Waals surface area (Å²) < 4.78 is 20.1. The lowest BCUT2D eigenvalue weighted by molar-refractivity contribution is 0.0322. The summed E-state index contributed by atoms with van der Waals surface area (Å²) >= 11 is 1.64. The summed E-state index contributed by atoms with van der Waals surface area (Å²) in [5.74, 6) is 1.92. The number of carbonyl (C=O) groups excluding carboxylic acids is 1. The van der Waals surface area contributed by atoms with Gasteiger partial charge >= 0.3 is 6.03 Å². The Morgan fingerprint density at radius 1 is 1.05 bits per heavy atom. The van der Waals surface area contributed by atoms with Gasteiger partial charge in [0.25, 0.3) is 0 Å². The highest BCUT2D eigenvalue weighted by Crippen LogP contribution is 2.32. The van der Waals surface area contributed by atoms with E-state index in [1.165, 1.54) is 0 Å². The van der Waals surface area contributed by atoms with Crippen LogP contribution in [0.5, 0.6) is 5.75 Å². The van der Waals surface area contributed by atoms with Crippen molar-refractivity contribution in [2.45, 2.75) is 26.2 Å². The highest BCUT2D eigenvalue weighted by atomic mass is 35.5. The Morgan fingerprint density at radius 3 is 2.52 bits per heavy atom. The van der Waals surface area contributed by atoms with Crippen LogP contribution in [0.4, 0.5) is 16.3 Å². The highest BCUT2D eigenvalue weighted by molar-refractivity contribution is 7.23. The molecule has 2 amide bonds. The second kappa shape index (κ2) is 13.3. The molecule has 42 heavy (non-hydrogen) atoms. The second-order valence-corrected chi connectivity index (χ2v) is 11.8. The molecule has 0 saturated carbocycles. The van der Waals surface area contributed by atoms with Gasteiger partial charge in [-0.25, -0.2) is 9.78 Å². The number of benzene rings is 2. The summed E-state index contributed by atoms with van der Waals surface area (Å²) in [6.45, 7) is 11.1. The van der Waals surface area contributed by atoms with Crippen LogP contribution in [0.15, 0.2) is 59.3 Å². The maximum absolute atomic E-state index is 12.4. The monoisotopic (exact) mass is 632 g/mol. The number of ether oxygens (including phenoxy) is 2. The lowest BCUT2D eigenvalue weighted by atomic mass is 9.93. The number of rotatable bonds is 7. The Bertz CT molecular complexity index is 1640. The number of halogens is 2. The van der Waals surface area contributed by atoms with E-state index < -0.39 is 6.03 Å². The predicted octanol–water partition coefficient (Wildman–Crippen LogP) is 6.70. The fourth-order valence-corrected chi connectivity index (χ4v) is 5.50. The van der Waals surface area contributed by atoms with Crippen molar-refractivity contribution in [2.75, 3.05) is 50.1 Å². The fraction of sp³-hybridized carbons (Fsp3) is 0.345. The van der Waals surface area contributed by atoms with Gasteiger partial charge < -0.3 is 19.3 Å². The van der Waals surface area contributed by atoms with Gasteiger partial charge in [0.15, 0.2) is 10.8 Å². The van der Waals surface area contributed by atoms with Crippen molar-refractivity contribution < 1.29 is 18.8 Å². The minimum Gasteiger partial charge on any atom is -0.492 e. The number of carbonyl (C=O) groups is 1. The zero-order valence-electron chi connectivity index (χ0n) is 23.6. The van der Waals surface area contributed by atoms with Crippen molar-refractivity contribution in [1.82, 2.24) is 19.4 Å². The molecular weight excluding hydrogens is 599 g/mol. The summed E-state index contributed by atoms with van der Waals surface area (Å²) in [6, 6.07) is 15.1. The van der Waals surface area contributed by atoms with E-state index in [1.807, 2.05) is 57.3 Å². The minimum absolute atomic E-state index is 0. The van der Waals surface area contributed by atoms with E-state index in [0.29, 0.717) is 23.9 Å². The Kier molecular flexibility index (Phi) is 10.0. The first-order chi connectivity index (χ1) is 19.3. The number of anilines is 2. The normalized spacial score (nSPS) is 13.9. The summed E-state index contributed by atoms with van der Waals surface area (Å²) in [5.41, 5.74) is 3.36. The number of nitrogens with one attached hydrogen (secondary N) is 2. The van der Waals surface area contributed by atoms with Gasteiger partial charge in [-0.3, -0.25) is 14.6 Å². The van der Waals surface area contributed by atoms with Gasteiger partial charge in [-0.2, -0.15) is 0 Å². The molecule has 4 heterocycles. The van der Waals surface area contributed by atoms with E-state index in [9.17, 15) is 4.79 Å². The standard InChI is InChI=1S/C29H32N6O4S.2ClH/c1-29(2,3)25-17-26(33-39-25)32-27(36)30-20-6-4-19(5-7-20)22-18-35-23-16-21(8-9-24(23)40-28(35)31-22)38-15-12-34-10-13-37-14-11-34;;/h4-9,16-18H,10-15H2,1-3H3,(H2,30,32,33,36);2*1H. The van der Waals surface area contributed by atoms with Gasteiger partial charge in [0.2, 0.25) is 0 Å². The van der Waals surface area contributed by atoms with E-state index in [0.717, 1.165) is 65.0 Å². The van der Waals surface area contributed by atoms with Crippen LogP contribution in [0.3, 0.4) is 0 Å². The molecule has 1 fully saturated rings. The van der Waals surface area contributed by atoms with Gasteiger partial charge in [-0.1, -0.05) is 49.4 Å². The zero-order chi connectivity index (χ0) is 27.7. The third-order valence-electron chi connectivity index (χ3n) is 6.77. The number of hydrogen-bond acceptors (Lipinski definition) is 8. The zero-order valence-corrected chi connectivity index (χ0v) is 26.0. The summed E-state index contributed by atoms with van der Waals surface area (Å²) in [4.78, 5) is 20.6. The number of fused-ring (bicyclic) bond motifs is 3. The van der Waals surface area contributed by atoms with E-state index in [2.05, 4.69) is 37.2 Å². The van der Waals surface area contributed by atoms with E-state index in [-0.39, 0.29) is 30.2 Å². The van der Waals surface area contributed by atoms with Crippen molar-refractivity contribution in [3.63, 3.8) is 0 Å². The van der Waals surface area contributed by atoms with E-state index >= 15 is 0 Å². The molecule has 5 aromatic rings. The van der Waals surface area contributed by atoms with Crippen LogP contribution in [0.1, 0.15) is 26.5 Å². The SMILES string of the molecule is CC(C)(C)c1cc(NC(=O)Nc2ccc(-c3cn4c(n3)sc3ccc(OCCN5CCOCC5)cc34)cc2)no1.Cl.Cl. The molecule has 13 heteroatoms. The molecule has 0 aliphatic carbocycles. The van der Waals surface area contributed by atoms with Crippen molar-refractivity contribution in [1.29, 1.82) is 0 Å². The number of hydrogen-bond donors (Lipinski definition) is 2. The highest BCUT2D eigenvalue weighted by Gasteiger charge is 2.20. The van der Waals surface area contributed by atoms with Crippen molar-refractivity contribution in [2.24, 2.45) is 0 Å². The molecule has 0 radical (unpaired) electrons. The molecule has 2 aromatic carbocycles. The number of imidazole rings is 1. The molecule has 0 unspecified atom stereocenters. The maximum Gasteiger partial charge on any atom is 0.324 e. The third kappa shape index (κ3) is 7.16. The minimum atomic E-state index is -0.390. The molecule has 10 nitrogen and oxygen atoms in total. The smallest absolute Gasteiger partial charge is 0.324 e. The molecule has 6 rings (SSSR count). The van der Waals surface area contributed by atoms with Crippen LogP contribution in [0.25, 0.3) is 26.4 Å². The quantitative estimate of drug-likeness (QED) is 0.206. The van der Waals surface area contributed by atoms with Crippen LogP contribution in [0, 0.1) is 0 Å². The maximum atomic E-state index is 12.4. The van der Waals surface area contributed by atoms with Crippen molar-refractivity contribution in [3.05, 3.63) is 60.5 Å². The molecule has 1 aliphatic heterocycles. The van der Waals surface area contributed by atoms with Crippen LogP contribution in [-0.4, -0.2) is 64.9 Å². The summed E-state index contributed by atoms with van der Waals surface area (Å²) in [5, 5.41) is 9.46. The Hall–Kier alpha value is -3.35. The largest absolute Gasteiger partial charge is 0.492 e. The Balaban J connectivity index is 0.00000202. The third-order valence-corrected chi connectivity index (χ3v) is 7.81.